The number of hydrogen-bond donors (Lipinski definition) is 2. The molecule has 0 amide bonds. The fourth-order valence-electron chi connectivity index (χ4n) is 2.61. The standard InChI is InChI=1S/C20H25N3/c1-4-12-23(13-5-2)20-14-16(15-21)6-11-19(20)17-7-9-18(22-3)10-8-17/h4-11,14,22H,1-2,12-13,15,21H2,3H3. The van der Waals surface area contributed by atoms with E-state index in [-0.39, 0.29) is 0 Å². The second-order valence-corrected chi connectivity index (χ2v) is 5.37. The normalized spacial score (nSPS) is 10.2. The molecule has 3 nitrogen and oxygen atoms in total. The summed E-state index contributed by atoms with van der Waals surface area (Å²) in [6, 6.07) is 14.8. The summed E-state index contributed by atoms with van der Waals surface area (Å²) in [6.45, 7) is 9.79. The van der Waals surface area contributed by atoms with Crippen molar-refractivity contribution in [3.05, 3.63) is 73.3 Å². The van der Waals surface area contributed by atoms with Gasteiger partial charge in [0.15, 0.2) is 0 Å². The van der Waals surface area contributed by atoms with Gasteiger partial charge in [0.05, 0.1) is 0 Å². The summed E-state index contributed by atoms with van der Waals surface area (Å²) in [5, 5.41) is 3.15. The molecule has 0 fully saturated rings. The molecule has 120 valence electrons. The van der Waals surface area contributed by atoms with Crippen molar-refractivity contribution in [2.75, 3.05) is 30.4 Å². The highest BCUT2D eigenvalue weighted by molar-refractivity contribution is 5.80. The summed E-state index contributed by atoms with van der Waals surface area (Å²) in [6.07, 6.45) is 3.82. The predicted octanol–water partition coefficient (Wildman–Crippen LogP) is 4.03. The summed E-state index contributed by atoms with van der Waals surface area (Å²) >= 11 is 0. The van der Waals surface area contributed by atoms with Crippen molar-refractivity contribution in [3.63, 3.8) is 0 Å². The van der Waals surface area contributed by atoms with Crippen LogP contribution in [0.1, 0.15) is 5.56 Å². The van der Waals surface area contributed by atoms with Crippen LogP contribution in [0.2, 0.25) is 0 Å². The van der Waals surface area contributed by atoms with Crippen LogP contribution in [0.4, 0.5) is 11.4 Å². The van der Waals surface area contributed by atoms with Crippen LogP contribution in [-0.4, -0.2) is 20.1 Å². The van der Waals surface area contributed by atoms with Crippen molar-refractivity contribution in [2.45, 2.75) is 6.54 Å². The zero-order chi connectivity index (χ0) is 16.7. The topological polar surface area (TPSA) is 41.3 Å². The Morgan fingerprint density at radius 3 is 2.22 bits per heavy atom. The number of nitrogens with zero attached hydrogens (tertiary/aromatic N) is 1. The molecule has 23 heavy (non-hydrogen) atoms. The second kappa shape index (κ2) is 8.20. The molecule has 2 aromatic rings. The molecule has 0 saturated heterocycles. The second-order valence-electron chi connectivity index (χ2n) is 5.37. The lowest BCUT2D eigenvalue weighted by Gasteiger charge is -2.25. The molecule has 2 rings (SSSR count). The first-order valence-electron chi connectivity index (χ1n) is 7.81. The van der Waals surface area contributed by atoms with Crippen LogP contribution in [0.15, 0.2) is 67.8 Å². The fraction of sp³-hybridized carbons (Fsp3) is 0.200. The van der Waals surface area contributed by atoms with Gasteiger partial charge in [-0.05, 0) is 29.3 Å². The van der Waals surface area contributed by atoms with Crippen LogP contribution in [0, 0.1) is 0 Å². The maximum absolute atomic E-state index is 5.83. The zero-order valence-electron chi connectivity index (χ0n) is 13.8. The smallest absolute Gasteiger partial charge is 0.0454 e. The van der Waals surface area contributed by atoms with Crippen LogP contribution in [-0.2, 0) is 6.54 Å². The first kappa shape index (κ1) is 16.8. The molecule has 3 N–H and O–H groups in total. The van der Waals surface area contributed by atoms with Gasteiger partial charge < -0.3 is 16.0 Å². The average Bonchev–Trinajstić information content (AvgIpc) is 2.61. The van der Waals surface area contributed by atoms with Gasteiger partial charge in [0.2, 0.25) is 0 Å². The third-order valence-corrected chi connectivity index (χ3v) is 3.82. The van der Waals surface area contributed by atoms with E-state index in [1.54, 1.807) is 0 Å². The summed E-state index contributed by atoms with van der Waals surface area (Å²) in [7, 11) is 1.92. The summed E-state index contributed by atoms with van der Waals surface area (Å²) in [5.74, 6) is 0. The first-order chi connectivity index (χ1) is 11.2. The Bertz CT molecular complexity index is 649. The fourth-order valence-corrected chi connectivity index (χ4v) is 2.61. The number of anilines is 2. The molecule has 0 aliphatic rings. The van der Waals surface area contributed by atoms with E-state index in [1.165, 1.54) is 11.1 Å². The summed E-state index contributed by atoms with van der Waals surface area (Å²) in [4.78, 5) is 2.25. The Morgan fingerprint density at radius 2 is 1.70 bits per heavy atom. The van der Waals surface area contributed by atoms with E-state index >= 15 is 0 Å². The number of hydrogen-bond acceptors (Lipinski definition) is 3. The van der Waals surface area contributed by atoms with Gasteiger partial charge >= 0.3 is 0 Å². The van der Waals surface area contributed by atoms with E-state index in [9.17, 15) is 0 Å². The molecule has 0 atom stereocenters. The Labute approximate surface area is 139 Å². The maximum atomic E-state index is 5.83. The lowest BCUT2D eigenvalue weighted by molar-refractivity contribution is 0.952. The molecule has 0 spiro atoms. The lowest BCUT2D eigenvalue weighted by Crippen LogP contribution is -2.24. The molecule has 0 heterocycles. The minimum absolute atomic E-state index is 0.530. The minimum atomic E-state index is 0.530. The van der Waals surface area contributed by atoms with E-state index in [0.717, 1.165) is 30.0 Å². The van der Waals surface area contributed by atoms with Crippen molar-refractivity contribution >= 4 is 11.4 Å². The number of nitrogens with one attached hydrogen (secondary N) is 1. The Hall–Kier alpha value is -2.52. The Kier molecular flexibility index (Phi) is 6.01. The molecule has 0 aliphatic carbocycles. The van der Waals surface area contributed by atoms with E-state index < -0.39 is 0 Å². The number of nitrogens with two attached hydrogens (primary N) is 1. The SMILES string of the molecule is C=CCN(CC=C)c1cc(CN)ccc1-c1ccc(NC)cc1. The number of rotatable bonds is 8. The monoisotopic (exact) mass is 307 g/mol. The maximum Gasteiger partial charge on any atom is 0.0454 e. The van der Waals surface area contributed by atoms with Gasteiger partial charge in [0.25, 0.3) is 0 Å². The third kappa shape index (κ3) is 4.02. The Balaban J connectivity index is 2.51. The molecule has 0 radical (unpaired) electrons. The highest BCUT2D eigenvalue weighted by atomic mass is 15.1. The molecule has 3 heteroatoms. The van der Waals surface area contributed by atoms with Crippen LogP contribution < -0.4 is 16.0 Å². The molecular formula is C20H25N3. The summed E-state index contributed by atoms with van der Waals surface area (Å²) in [5.41, 5.74) is 11.6. The van der Waals surface area contributed by atoms with Gasteiger partial charge in [-0.1, -0.05) is 36.4 Å². The van der Waals surface area contributed by atoms with E-state index in [0.29, 0.717) is 6.54 Å². The van der Waals surface area contributed by atoms with Crippen molar-refractivity contribution < 1.29 is 0 Å². The molecule has 0 bridgehead atoms. The van der Waals surface area contributed by atoms with Crippen molar-refractivity contribution in [1.29, 1.82) is 0 Å². The van der Waals surface area contributed by atoms with Gasteiger partial charge in [-0.15, -0.1) is 13.2 Å². The van der Waals surface area contributed by atoms with Gasteiger partial charge in [0.1, 0.15) is 0 Å². The van der Waals surface area contributed by atoms with Gasteiger partial charge in [-0.3, -0.25) is 0 Å². The predicted molar refractivity (Wildman–Crippen MR) is 102 cm³/mol. The van der Waals surface area contributed by atoms with Crippen molar-refractivity contribution in [1.82, 2.24) is 0 Å². The molecule has 0 aliphatic heterocycles. The van der Waals surface area contributed by atoms with Gasteiger partial charge in [-0.2, -0.15) is 0 Å². The van der Waals surface area contributed by atoms with Gasteiger partial charge in [-0.25, -0.2) is 0 Å². The molecule has 0 aromatic heterocycles. The van der Waals surface area contributed by atoms with Crippen LogP contribution in [0.5, 0.6) is 0 Å². The van der Waals surface area contributed by atoms with Crippen molar-refractivity contribution in [2.24, 2.45) is 5.73 Å². The molecule has 2 aromatic carbocycles. The van der Waals surface area contributed by atoms with Crippen LogP contribution >= 0.6 is 0 Å². The lowest BCUT2D eigenvalue weighted by atomic mass is 10.00. The third-order valence-electron chi connectivity index (χ3n) is 3.82. The number of benzene rings is 2. The highest BCUT2D eigenvalue weighted by Gasteiger charge is 2.12. The van der Waals surface area contributed by atoms with E-state index in [1.807, 2.05) is 19.2 Å². The van der Waals surface area contributed by atoms with E-state index in [2.05, 4.69) is 65.8 Å². The largest absolute Gasteiger partial charge is 0.388 e. The highest BCUT2D eigenvalue weighted by Crippen LogP contribution is 2.32. The molecule has 0 saturated carbocycles. The zero-order valence-corrected chi connectivity index (χ0v) is 13.8. The first-order valence-corrected chi connectivity index (χ1v) is 7.81. The summed E-state index contributed by atoms with van der Waals surface area (Å²) < 4.78 is 0. The van der Waals surface area contributed by atoms with Crippen LogP contribution in [0.3, 0.4) is 0 Å². The van der Waals surface area contributed by atoms with Crippen molar-refractivity contribution in [3.8, 4) is 11.1 Å². The van der Waals surface area contributed by atoms with E-state index in [4.69, 9.17) is 5.73 Å². The molecule has 0 unspecified atom stereocenters. The minimum Gasteiger partial charge on any atom is -0.388 e. The molecular weight excluding hydrogens is 282 g/mol. The van der Waals surface area contributed by atoms with Crippen LogP contribution in [0.25, 0.3) is 11.1 Å². The quantitative estimate of drug-likeness (QED) is 0.723. The average molecular weight is 307 g/mol. The Morgan fingerprint density at radius 1 is 1.04 bits per heavy atom. The van der Waals surface area contributed by atoms with Gasteiger partial charge in [0, 0.05) is 43.6 Å².